The summed E-state index contributed by atoms with van der Waals surface area (Å²) in [5.74, 6) is -1.47. The molecule has 5 heteroatoms. The van der Waals surface area contributed by atoms with Crippen molar-refractivity contribution < 1.29 is 19.1 Å². The molecule has 0 N–H and O–H groups in total. The maximum Gasteiger partial charge on any atom is 0.312 e. The van der Waals surface area contributed by atoms with Gasteiger partial charge in [0.2, 0.25) is 5.91 Å². The van der Waals surface area contributed by atoms with E-state index >= 15 is 0 Å². The Bertz CT molecular complexity index is 962. The molecule has 5 rings (SSSR count). The summed E-state index contributed by atoms with van der Waals surface area (Å²) in [6, 6.07) is 14.0. The summed E-state index contributed by atoms with van der Waals surface area (Å²) in [6.45, 7) is 2.75. The average Bonchev–Trinajstić information content (AvgIpc) is 3.34. The van der Waals surface area contributed by atoms with Crippen LogP contribution in [0, 0.1) is 11.8 Å². The van der Waals surface area contributed by atoms with Crippen LogP contribution in [0.1, 0.15) is 13.3 Å². The van der Waals surface area contributed by atoms with Crippen molar-refractivity contribution in [3.05, 3.63) is 54.6 Å². The summed E-state index contributed by atoms with van der Waals surface area (Å²) in [7, 11) is 0. The zero-order valence-corrected chi connectivity index (χ0v) is 15.1. The molecule has 0 saturated carbocycles. The quantitative estimate of drug-likeness (QED) is 0.619. The first-order valence-electron chi connectivity index (χ1n) is 9.47. The molecule has 2 aromatic rings. The number of carbonyl (C=O) groups excluding carboxylic acids is 2. The van der Waals surface area contributed by atoms with Gasteiger partial charge in [-0.15, -0.1) is 0 Å². The molecule has 3 aliphatic rings. The smallest absolute Gasteiger partial charge is 0.312 e. The Morgan fingerprint density at radius 2 is 2.07 bits per heavy atom. The van der Waals surface area contributed by atoms with Gasteiger partial charge >= 0.3 is 5.97 Å². The van der Waals surface area contributed by atoms with Crippen LogP contribution >= 0.6 is 0 Å². The normalized spacial score (nSPS) is 30.9. The van der Waals surface area contributed by atoms with Gasteiger partial charge in [-0.2, -0.15) is 0 Å². The fraction of sp³-hybridized carbons (Fsp3) is 0.364. The highest BCUT2D eigenvalue weighted by Gasteiger charge is 2.67. The molecule has 27 heavy (non-hydrogen) atoms. The van der Waals surface area contributed by atoms with E-state index in [9.17, 15) is 9.59 Å². The van der Waals surface area contributed by atoms with Crippen molar-refractivity contribution in [2.24, 2.45) is 11.8 Å². The van der Waals surface area contributed by atoms with Crippen molar-refractivity contribution in [3.63, 3.8) is 0 Å². The van der Waals surface area contributed by atoms with Gasteiger partial charge in [0.15, 0.2) is 0 Å². The van der Waals surface area contributed by atoms with Crippen LogP contribution in [-0.2, 0) is 19.1 Å². The molecule has 3 aliphatic heterocycles. The lowest BCUT2D eigenvalue weighted by Crippen LogP contribution is -2.40. The fourth-order valence-corrected chi connectivity index (χ4v) is 4.71. The number of fused-ring (bicyclic) bond motifs is 2. The van der Waals surface area contributed by atoms with E-state index in [0.29, 0.717) is 13.2 Å². The van der Waals surface area contributed by atoms with Gasteiger partial charge in [-0.05, 0) is 17.9 Å². The Balaban J connectivity index is 1.53. The van der Waals surface area contributed by atoms with Gasteiger partial charge in [0.25, 0.3) is 0 Å². The molecule has 4 atom stereocenters. The monoisotopic (exact) mass is 363 g/mol. The number of hydrogen-bond donors (Lipinski definition) is 0. The molecule has 0 radical (unpaired) electrons. The molecule has 2 aromatic carbocycles. The number of anilines is 1. The Morgan fingerprint density at radius 1 is 1.26 bits per heavy atom. The second-order valence-corrected chi connectivity index (χ2v) is 7.49. The average molecular weight is 363 g/mol. The van der Waals surface area contributed by atoms with Crippen LogP contribution in [0.15, 0.2) is 54.6 Å². The summed E-state index contributed by atoms with van der Waals surface area (Å²) in [5, 5.41) is 2.10. The standard InChI is InChI=1S/C22H21NO4/c1-2-12-26-21(25)18-17-10-11-22(27-17)13-23(20(24)19(18)22)16-9-5-7-14-6-3-4-8-15(14)16/h3-11,17-19H,2,12-13H2,1H3/t17-,18+,19+,22-/m1/s1. The number of ether oxygens (including phenoxy) is 2. The Morgan fingerprint density at radius 3 is 2.93 bits per heavy atom. The van der Waals surface area contributed by atoms with E-state index in [-0.39, 0.29) is 18.0 Å². The number of rotatable bonds is 4. The highest BCUT2D eigenvalue weighted by molar-refractivity contribution is 6.08. The predicted molar refractivity (Wildman–Crippen MR) is 101 cm³/mol. The number of esters is 1. The zero-order valence-electron chi connectivity index (χ0n) is 15.1. The van der Waals surface area contributed by atoms with E-state index in [1.54, 1.807) is 4.90 Å². The third-order valence-corrected chi connectivity index (χ3v) is 5.88. The number of nitrogens with zero attached hydrogens (tertiary/aromatic N) is 1. The van der Waals surface area contributed by atoms with Gasteiger partial charge in [-0.1, -0.05) is 55.5 Å². The number of benzene rings is 2. The van der Waals surface area contributed by atoms with Gasteiger partial charge in [0.05, 0.1) is 30.9 Å². The van der Waals surface area contributed by atoms with Gasteiger partial charge in [-0.25, -0.2) is 0 Å². The lowest BCUT2D eigenvalue weighted by molar-refractivity contribution is -0.152. The van der Waals surface area contributed by atoms with Crippen LogP contribution < -0.4 is 4.90 Å². The van der Waals surface area contributed by atoms with Crippen LogP contribution in [0.25, 0.3) is 10.8 Å². The summed E-state index contributed by atoms with van der Waals surface area (Å²) in [6.07, 6.45) is 4.27. The largest absolute Gasteiger partial charge is 0.465 e. The second kappa shape index (κ2) is 5.92. The fourth-order valence-electron chi connectivity index (χ4n) is 4.71. The zero-order chi connectivity index (χ0) is 18.6. The van der Waals surface area contributed by atoms with Crippen molar-refractivity contribution in [2.45, 2.75) is 25.0 Å². The second-order valence-electron chi connectivity index (χ2n) is 7.49. The molecule has 2 fully saturated rings. The van der Waals surface area contributed by atoms with Crippen LogP contribution in [0.3, 0.4) is 0 Å². The van der Waals surface area contributed by atoms with Crippen LogP contribution in [0.4, 0.5) is 5.69 Å². The lowest BCUT2D eigenvalue weighted by Gasteiger charge is -2.22. The molecular formula is C22H21NO4. The van der Waals surface area contributed by atoms with Crippen molar-refractivity contribution in [3.8, 4) is 0 Å². The minimum Gasteiger partial charge on any atom is -0.465 e. The molecule has 1 amide bonds. The summed E-state index contributed by atoms with van der Waals surface area (Å²) in [5.41, 5.74) is 0.136. The van der Waals surface area contributed by atoms with E-state index in [4.69, 9.17) is 9.47 Å². The molecule has 3 heterocycles. The molecule has 5 nitrogen and oxygen atoms in total. The first kappa shape index (κ1) is 16.5. The predicted octanol–water partition coefficient (Wildman–Crippen LogP) is 3.08. The first-order chi connectivity index (χ1) is 13.1. The van der Waals surface area contributed by atoms with Gasteiger partial charge in [0, 0.05) is 5.39 Å². The number of amides is 1. The van der Waals surface area contributed by atoms with E-state index in [0.717, 1.165) is 22.9 Å². The SMILES string of the molecule is CCCOC(=O)[C@@H]1[C@H]2C(=O)N(c3cccc4ccccc34)C[C@]23C=C[C@H]1O3. The Kier molecular flexibility index (Phi) is 3.62. The van der Waals surface area contributed by atoms with Gasteiger partial charge < -0.3 is 14.4 Å². The first-order valence-corrected chi connectivity index (χ1v) is 9.47. The molecule has 2 saturated heterocycles. The van der Waals surface area contributed by atoms with Crippen molar-refractivity contribution in [2.75, 3.05) is 18.1 Å². The lowest BCUT2D eigenvalue weighted by atomic mass is 9.77. The van der Waals surface area contributed by atoms with E-state index in [2.05, 4.69) is 0 Å². The van der Waals surface area contributed by atoms with E-state index in [1.165, 1.54) is 0 Å². The minimum absolute atomic E-state index is 0.0587. The van der Waals surface area contributed by atoms with Crippen molar-refractivity contribution in [1.82, 2.24) is 0 Å². The third kappa shape index (κ3) is 2.28. The van der Waals surface area contributed by atoms with E-state index in [1.807, 2.05) is 61.5 Å². The summed E-state index contributed by atoms with van der Waals surface area (Å²) < 4.78 is 11.5. The van der Waals surface area contributed by atoms with Crippen LogP contribution in [-0.4, -0.2) is 36.7 Å². The van der Waals surface area contributed by atoms with Crippen molar-refractivity contribution in [1.29, 1.82) is 0 Å². The van der Waals surface area contributed by atoms with E-state index < -0.39 is 17.4 Å². The van der Waals surface area contributed by atoms with Gasteiger partial charge in [-0.3, -0.25) is 9.59 Å². The molecule has 0 unspecified atom stereocenters. The van der Waals surface area contributed by atoms with Crippen LogP contribution in [0.5, 0.6) is 0 Å². The number of carbonyl (C=O) groups is 2. The third-order valence-electron chi connectivity index (χ3n) is 5.88. The van der Waals surface area contributed by atoms with Crippen LogP contribution in [0.2, 0.25) is 0 Å². The highest BCUT2D eigenvalue weighted by Crippen LogP contribution is 2.53. The minimum atomic E-state index is -0.728. The molecule has 2 bridgehead atoms. The maximum absolute atomic E-state index is 13.4. The molecule has 0 aliphatic carbocycles. The summed E-state index contributed by atoms with van der Waals surface area (Å²) in [4.78, 5) is 27.8. The molecular weight excluding hydrogens is 342 g/mol. The Hall–Kier alpha value is -2.66. The molecule has 0 aromatic heterocycles. The molecule has 138 valence electrons. The highest BCUT2D eigenvalue weighted by atomic mass is 16.6. The Labute approximate surface area is 157 Å². The maximum atomic E-state index is 13.4. The topological polar surface area (TPSA) is 55.8 Å². The molecule has 1 spiro atoms. The number of hydrogen-bond acceptors (Lipinski definition) is 4. The van der Waals surface area contributed by atoms with Crippen molar-refractivity contribution >= 4 is 28.3 Å². The van der Waals surface area contributed by atoms with Gasteiger partial charge in [0.1, 0.15) is 11.5 Å². The summed E-state index contributed by atoms with van der Waals surface area (Å²) >= 11 is 0.